The first-order valence-electron chi connectivity index (χ1n) is 15.8. The molecule has 2 aliphatic rings. The highest BCUT2D eigenvalue weighted by Gasteiger charge is 2.50. The number of ether oxygens (including phenoxy) is 3. The first-order chi connectivity index (χ1) is 25.3. The van der Waals surface area contributed by atoms with Gasteiger partial charge in [0.05, 0.1) is 26.6 Å². The smallest absolute Gasteiger partial charge is 0.387 e. The normalized spacial score (nSPS) is 29.4. The Labute approximate surface area is 302 Å². The topological polar surface area (TPSA) is 361 Å². The zero-order valence-electron chi connectivity index (χ0n) is 28.6. The molecule has 0 radical (unpaired) electrons. The second-order valence-electron chi connectivity index (χ2n) is 12.2. The molecule has 0 bridgehead atoms. The summed E-state index contributed by atoms with van der Waals surface area (Å²) in [7, 11) is -13.2. The molecule has 5 unspecified atom stereocenters. The first kappa shape index (κ1) is 40.4. The van der Waals surface area contributed by atoms with Gasteiger partial charge in [0.1, 0.15) is 42.4 Å². The van der Waals surface area contributed by atoms with E-state index in [0.717, 1.165) is 0 Å². The number of anilines is 1. The Morgan fingerprint density at radius 2 is 1.67 bits per heavy atom. The summed E-state index contributed by atoms with van der Waals surface area (Å²) in [6, 6.07) is 0. The molecule has 0 spiro atoms. The molecule has 29 heteroatoms. The summed E-state index contributed by atoms with van der Waals surface area (Å²) in [6.45, 7) is 1.08. The van der Waals surface area contributed by atoms with Gasteiger partial charge < -0.3 is 54.6 Å². The van der Waals surface area contributed by atoms with Crippen molar-refractivity contribution in [2.24, 2.45) is 7.05 Å². The minimum Gasteiger partial charge on any atom is -0.387 e. The molecule has 9 N–H and O–H groups in total. The van der Waals surface area contributed by atoms with E-state index in [1.165, 1.54) is 54.4 Å². The molecule has 2 saturated heterocycles. The third-order valence-corrected chi connectivity index (χ3v) is 13.7. The van der Waals surface area contributed by atoms with Crippen molar-refractivity contribution in [3.63, 3.8) is 0 Å². The van der Waals surface area contributed by atoms with Crippen LogP contribution in [0.1, 0.15) is 25.2 Å². The number of nitrogen functional groups attached to an aromatic ring is 1. The lowest BCUT2D eigenvalue weighted by Gasteiger charge is -2.23. The van der Waals surface area contributed by atoms with Gasteiger partial charge in [-0.05, 0) is 6.92 Å². The number of hydrogen-bond donors (Lipinski definition) is 8. The Kier molecular flexibility index (Phi) is 11.2. The maximum atomic E-state index is 13.4. The number of phosphoric acid groups is 2. The lowest BCUT2D eigenvalue weighted by atomic mass is 10.1. The number of nitrogens with zero attached hydrogens (tertiary/aromatic N) is 6. The number of rotatable bonds is 14. The van der Waals surface area contributed by atoms with Crippen molar-refractivity contribution >= 4 is 51.5 Å². The summed E-state index contributed by atoms with van der Waals surface area (Å²) in [5.74, 6) is 0.00835. The number of aryl methyl sites for hydroxylation is 2. The van der Waals surface area contributed by atoms with Crippen LogP contribution in [0.15, 0.2) is 22.2 Å². The number of nitrogens with one attached hydrogen (secondary N) is 2. The Morgan fingerprint density at radius 3 is 2.35 bits per heavy atom. The fraction of sp³-hybridized carbons (Fsp3) is 0.600. The zero-order chi connectivity index (χ0) is 39.5. The van der Waals surface area contributed by atoms with Crippen molar-refractivity contribution in [3.8, 4) is 0 Å². The summed E-state index contributed by atoms with van der Waals surface area (Å²) >= 11 is 0. The Bertz CT molecular complexity index is 2310. The average Bonchev–Trinajstić information content (AvgIpc) is 3.80. The summed E-state index contributed by atoms with van der Waals surface area (Å²) in [6.07, 6.45) is -9.42. The lowest BCUT2D eigenvalue weighted by Crippen LogP contribution is -2.46. The fourth-order valence-electron chi connectivity index (χ4n) is 6.00. The van der Waals surface area contributed by atoms with E-state index in [1.54, 1.807) is 0 Å². The molecule has 26 nitrogen and oxygen atoms in total. The lowest BCUT2D eigenvalue weighted by molar-refractivity contribution is -0.745. The molecule has 2 aliphatic heterocycles. The largest absolute Gasteiger partial charge is 0.488 e. The molecule has 6 rings (SSSR count). The number of methoxy groups -OCH3 is 1. The van der Waals surface area contributed by atoms with Crippen molar-refractivity contribution < 1.29 is 75.2 Å². The molecular weight excluding hydrogens is 791 g/mol. The SMILES string of the molecule is CCP(=O)(OC[C@H]1O[C@@H]([n+]2cn(C)c3c(=O)[nH]c(N)nc32)C(O)[C@H]1O)OP(=O)(O)OP(=O)(O)OC[C@H]1O[C@@H](n2cnc3c(=O)[nH]c(C)nc32)[C@@H](O)C1OC. The minimum atomic E-state index is -5.73. The summed E-state index contributed by atoms with van der Waals surface area (Å²) < 4.78 is 78.7. The molecule has 2 fully saturated rings. The van der Waals surface area contributed by atoms with Gasteiger partial charge in [-0.25, -0.2) is 28.0 Å². The minimum absolute atomic E-state index is 0.00150. The van der Waals surface area contributed by atoms with Crippen molar-refractivity contribution in [1.82, 2.24) is 34.1 Å². The molecule has 0 aromatic carbocycles. The Hall–Kier alpha value is -3.29. The van der Waals surface area contributed by atoms with Crippen LogP contribution in [0.4, 0.5) is 5.95 Å². The van der Waals surface area contributed by atoms with Gasteiger partial charge in [-0.2, -0.15) is 4.31 Å². The van der Waals surface area contributed by atoms with Crippen LogP contribution in [-0.2, 0) is 52.6 Å². The van der Waals surface area contributed by atoms with Crippen LogP contribution in [0.5, 0.6) is 0 Å². The zero-order valence-corrected chi connectivity index (χ0v) is 31.3. The number of imidazole rings is 2. The number of phosphoric ester groups is 1. The van der Waals surface area contributed by atoms with Crippen molar-refractivity contribution in [2.75, 3.05) is 32.2 Å². The molecular formula is C25H37N9O17P3+. The van der Waals surface area contributed by atoms with Gasteiger partial charge >= 0.3 is 28.9 Å². The van der Waals surface area contributed by atoms with Gasteiger partial charge in [0.25, 0.3) is 17.1 Å². The van der Waals surface area contributed by atoms with Crippen LogP contribution >= 0.6 is 23.2 Å². The molecule has 0 aliphatic carbocycles. The number of fused-ring (bicyclic) bond motifs is 2. The summed E-state index contributed by atoms with van der Waals surface area (Å²) in [5, 5.41) is 32.4. The van der Waals surface area contributed by atoms with Crippen molar-refractivity contribution in [1.29, 1.82) is 0 Å². The van der Waals surface area contributed by atoms with E-state index in [2.05, 4.69) is 33.5 Å². The van der Waals surface area contributed by atoms with Gasteiger partial charge in [-0.3, -0.25) is 32.8 Å². The van der Waals surface area contributed by atoms with Crippen LogP contribution in [0.25, 0.3) is 22.3 Å². The van der Waals surface area contributed by atoms with Crippen LogP contribution in [0.3, 0.4) is 0 Å². The Morgan fingerprint density at radius 1 is 0.963 bits per heavy atom. The second kappa shape index (κ2) is 15.0. The van der Waals surface area contributed by atoms with Gasteiger partial charge in [-0.1, -0.05) is 11.9 Å². The van der Waals surface area contributed by atoms with E-state index in [-0.39, 0.29) is 34.1 Å². The van der Waals surface area contributed by atoms with E-state index in [4.69, 9.17) is 29.0 Å². The van der Waals surface area contributed by atoms with Gasteiger partial charge in [0.15, 0.2) is 23.7 Å². The molecule has 298 valence electrons. The molecule has 11 atom stereocenters. The van der Waals surface area contributed by atoms with Crippen LogP contribution in [0, 0.1) is 6.92 Å². The van der Waals surface area contributed by atoms with Crippen LogP contribution < -0.4 is 21.4 Å². The van der Waals surface area contributed by atoms with E-state index in [0.29, 0.717) is 0 Å². The van der Waals surface area contributed by atoms with E-state index in [9.17, 15) is 48.4 Å². The Balaban J connectivity index is 1.08. The van der Waals surface area contributed by atoms with Gasteiger partial charge in [-0.15, -0.1) is 0 Å². The highest BCUT2D eigenvalue weighted by Crippen LogP contribution is 2.69. The second-order valence-corrected chi connectivity index (χ2v) is 17.7. The average molecular weight is 829 g/mol. The number of aliphatic hydroxyl groups is 3. The predicted molar refractivity (Wildman–Crippen MR) is 177 cm³/mol. The first-order valence-corrected chi connectivity index (χ1v) is 20.5. The molecule has 6 heterocycles. The standard InChI is InChI=1S/C25H36N9O17P3/c1-5-52(40,46-6-11-15(35)16(36)23(48-11)34-9-32(3)14-20(34)30-25(26)31-22(14)39)50-54(43,44)51-53(41,42)47-7-12-18(45-4)17(37)24(49-12)33-8-27-13-19(33)28-10(2)29-21(13)38/h8-9,11-12,15-18,23-24,35-37H,5-7H2,1-4H3,(H5-,26,28,29,30,31,38,39,41,42,43,44)/p+1/t11-,12-,15+,16?,17+,18?,23-,24-,52?/m1/s1. The third kappa shape index (κ3) is 7.87. The van der Waals surface area contributed by atoms with Crippen molar-refractivity contribution in [3.05, 3.63) is 39.2 Å². The number of aromatic amines is 2. The quantitative estimate of drug-likeness (QED) is 0.0500. The predicted octanol–water partition coefficient (Wildman–Crippen LogP) is -2.05. The maximum Gasteiger partial charge on any atom is 0.488 e. The number of hydrogen-bond acceptors (Lipinski definition) is 19. The molecule has 4 aromatic heterocycles. The molecule has 0 saturated carbocycles. The van der Waals surface area contributed by atoms with E-state index in [1.807, 2.05) is 0 Å². The van der Waals surface area contributed by atoms with E-state index >= 15 is 0 Å². The number of H-pyrrole nitrogens is 2. The summed E-state index contributed by atoms with van der Waals surface area (Å²) in [4.78, 5) is 62.3. The number of nitrogens with two attached hydrogens (primary N) is 1. The number of aromatic nitrogens is 8. The molecule has 0 amide bonds. The van der Waals surface area contributed by atoms with E-state index < -0.39 is 103 Å². The third-order valence-electron chi connectivity index (χ3n) is 8.47. The fourth-order valence-corrected chi connectivity index (χ4v) is 10.4. The number of aliphatic hydroxyl groups excluding tert-OH is 3. The van der Waals surface area contributed by atoms with Crippen LogP contribution in [-0.4, -0.2) is 122 Å². The molecule has 4 aromatic rings. The highest BCUT2D eigenvalue weighted by molar-refractivity contribution is 7.68. The van der Waals surface area contributed by atoms with Gasteiger partial charge in [0.2, 0.25) is 11.7 Å². The van der Waals surface area contributed by atoms with Crippen molar-refractivity contribution in [2.45, 2.75) is 62.9 Å². The monoisotopic (exact) mass is 828 g/mol. The molecule has 54 heavy (non-hydrogen) atoms. The highest BCUT2D eigenvalue weighted by atomic mass is 31.3. The van der Waals surface area contributed by atoms with Crippen LogP contribution in [0.2, 0.25) is 0 Å². The van der Waals surface area contributed by atoms with Gasteiger partial charge in [0, 0.05) is 13.3 Å². The maximum absolute atomic E-state index is 13.4. The summed E-state index contributed by atoms with van der Waals surface area (Å²) in [5.41, 5.74) is 4.59.